The number of nitrogens with one attached hydrogen (secondary N) is 1. The lowest BCUT2D eigenvalue weighted by molar-refractivity contribution is 0.158. The summed E-state index contributed by atoms with van der Waals surface area (Å²) in [6.45, 7) is 5.07. The van der Waals surface area contributed by atoms with Crippen LogP contribution < -0.4 is 5.32 Å². The van der Waals surface area contributed by atoms with E-state index in [0.29, 0.717) is 24.7 Å². The van der Waals surface area contributed by atoms with Crippen molar-refractivity contribution in [3.05, 3.63) is 35.4 Å². The molecule has 0 radical (unpaired) electrons. The van der Waals surface area contributed by atoms with E-state index in [1.165, 1.54) is 44.2 Å². The van der Waals surface area contributed by atoms with Crippen LogP contribution in [0.25, 0.3) is 0 Å². The molecule has 1 aliphatic heterocycles. The van der Waals surface area contributed by atoms with Gasteiger partial charge in [0, 0.05) is 43.9 Å². The van der Waals surface area contributed by atoms with Crippen LogP contribution in [0, 0.1) is 11.6 Å². The van der Waals surface area contributed by atoms with Crippen molar-refractivity contribution in [2.75, 3.05) is 26.2 Å². The highest BCUT2D eigenvalue weighted by Gasteiger charge is 2.26. The van der Waals surface area contributed by atoms with Crippen LogP contribution in [0.5, 0.6) is 0 Å². The number of carbonyl (C=O) groups is 1. The number of nitrogens with zero attached hydrogens (tertiary/aromatic N) is 2. The smallest absolute Gasteiger partial charge is 0.317 e. The van der Waals surface area contributed by atoms with Gasteiger partial charge in [-0.25, -0.2) is 13.6 Å². The minimum absolute atomic E-state index is 0.174. The SMILES string of the molecule is CC(NC(=O)N1CCCN(C2CCCCC2)CC1)c1ccc(F)cc1F. The Morgan fingerprint density at radius 1 is 1.08 bits per heavy atom. The van der Waals surface area contributed by atoms with Gasteiger partial charge in [-0.2, -0.15) is 0 Å². The summed E-state index contributed by atoms with van der Waals surface area (Å²) in [6.07, 6.45) is 7.47. The van der Waals surface area contributed by atoms with Gasteiger partial charge in [0.1, 0.15) is 11.6 Å². The maximum absolute atomic E-state index is 13.9. The molecule has 1 saturated heterocycles. The lowest BCUT2D eigenvalue weighted by Gasteiger charge is -2.33. The molecule has 4 nitrogen and oxygen atoms in total. The summed E-state index contributed by atoms with van der Waals surface area (Å²) in [7, 11) is 0. The Bertz CT molecular complexity index is 619. The number of carbonyl (C=O) groups excluding carboxylic acids is 1. The van der Waals surface area contributed by atoms with Crippen molar-refractivity contribution in [2.45, 2.75) is 57.5 Å². The second-order valence-electron chi connectivity index (χ2n) is 7.51. The molecule has 1 aromatic carbocycles. The van der Waals surface area contributed by atoms with Crippen LogP contribution in [0.2, 0.25) is 0 Å². The van der Waals surface area contributed by atoms with Crippen molar-refractivity contribution in [1.82, 2.24) is 15.1 Å². The molecule has 1 heterocycles. The molecule has 0 aromatic heterocycles. The van der Waals surface area contributed by atoms with Gasteiger partial charge >= 0.3 is 6.03 Å². The van der Waals surface area contributed by atoms with Gasteiger partial charge in [-0.05, 0) is 32.3 Å². The molecule has 1 aromatic rings. The number of halogens is 2. The van der Waals surface area contributed by atoms with E-state index in [-0.39, 0.29) is 6.03 Å². The van der Waals surface area contributed by atoms with Crippen LogP contribution in [0.4, 0.5) is 13.6 Å². The van der Waals surface area contributed by atoms with E-state index < -0.39 is 17.7 Å². The summed E-state index contributed by atoms with van der Waals surface area (Å²) in [5.41, 5.74) is 0.304. The van der Waals surface area contributed by atoms with Crippen molar-refractivity contribution in [2.24, 2.45) is 0 Å². The first kappa shape index (κ1) is 19.1. The highest BCUT2D eigenvalue weighted by atomic mass is 19.1. The molecule has 26 heavy (non-hydrogen) atoms. The van der Waals surface area contributed by atoms with Crippen molar-refractivity contribution in [1.29, 1.82) is 0 Å². The predicted molar refractivity (Wildman–Crippen MR) is 97.9 cm³/mol. The molecule has 3 rings (SSSR count). The molecular formula is C20H29F2N3O. The number of benzene rings is 1. The Balaban J connectivity index is 1.54. The highest BCUT2D eigenvalue weighted by molar-refractivity contribution is 5.74. The van der Waals surface area contributed by atoms with Crippen LogP contribution in [-0.2, 0) is 0 Å². The Labute approximate surface area is 154 Å². The summed E-state index contributed by atoms with van der Waals surface area (Å²) in [5, 5.41) is 2.85. The highest BCUT2D eigenvalue weighted by Crippen LogP contribution is 2.24. The molecule has 1 N–H and O–H groups in total. The maximum atomic E-state index is 13.9. The zero-order chi connectivity index (χ0) is 18.5. The van der Waals surface area contributed by atoms with Crippen molar-refractivity contribution < 1.29 is 13.6 Å². The molecule has 2 fully saturated rings. The van der Waals surface area contributed by atoms with Crippen LogP contribution >= 0.6 is 0 Å². The van der Waals surface area contributed by atoms with E-state index in [0.717, 1.165) is 25.6 Å². The molecule has 0 spiro atoms. The maximum Gasteiger partial charge on any atom is 0.317 e. The molecule has 2 amide bonds. The van der Waals surface area contributed by atoms with E-state index in [9.17, 15) is 13.6 Å². The summed E-state index contributed by atoms with van der Waals surface area (Å²) >= 11 is 0. The minimum Gasteiger partial charge on any atom is -0.331 e. The monoisotopic (exact) mass is 365 g/mol. The molecule has 144 valence electrons. The molecule has 6 heteroatoms. The van der Waals surface area contributed by atoms with E-state index in [1.807, 2.05) is 4.90 Å². The second-order valence-corrected chi connectivity index (χ2v) is 7.51. The Morgan fingerprint density at radius 3 is 2.58 bits per heavy atom. The first-order valence-corrected chi connectivity index (χ1v) is 9.79. The van der Waals surface area contributed by atoms with Gasteiger partial charge in [0.15, 0.2) is 0 Å². The van der Waals surface area contributed by atoms with Gasteiger partial charge in [0.25, 0.3) is 0 Å². The summed E-state index contributed by atoms with van der Waals surface area (Å²) in [5.74, 6) is -1.24. The number of rotatable bonds is 3. The van der Waals surface area contributed by atoms with Gasteiger partial charge < -0.3 is 10.2 Å². The third kappa shape index (κ3) is 4.72. The Morgan fingerprint density at radius 2 is 1.85 bits per heavy atom. The Hall–Kier alpha value is -1.69. The summed E-state index contributed by atoms with van der Waals surface area (Å²) in [4.78, 5) is 17.0. The average molecular weight is 365 g/mol. The van der Waals surface area contributed by atoms with Gasteiger partial charge in [0.2, 0.25) is 0 Å². The lowest BCUT2D eigenvalue weighted by atomic mass is 9.94. The molecule has 1 atom stereocenters. The third-order valence-corrected chi connectivity index (χ3v) is 5.68. The van der Waals surface area contributed by atoms with Crippen molar-refractivity contribution >= 4 is 6.03 Å². The van der Waals surface area contributed by atoms with Gasteiger partial charge in [-0.1, -0.05) is 25.3 Å². The second kappa shape index (κ2) is 8.80. The summed E-state index contributed by atoms with van der Waals surface area (Å²) in [6, 6.07) is 3.45. The fraction of sp³-hybridized carbons (Fsp3) is 0.650. The minimum atomic E-state index is -0.628. The lowest BCUT2D eigenvalue weighted by Crippen LogP contribution is -2.44. The zero-order valence-corrected chi connectivity index (χ0v) is 15.5. The van der Waals surface area contributed by atoms with Crippen LogP contribution in [-0.4, -0.2) is 48.1 Å². The topological polar surface area (TPSA) is 35.6 Å². The first-order valence-electron chi connectivity index (χ1n) is 9.79. The van der Waals surface area contributed by atoms with Crippen molar-refractivity contribution in [3.63, 3.8) is 0 Å². The van der Waals surface area contributed by atoms with E-state index in [1.54, 1.807) is 6.92 Å². The van der Waals surface area contributed by atoms with Crippen LogP contribution in [0.1, 0.15) is 57.1 Å². The molecule has 1 saturated carbocycles. The quantitative estimate of drug-likeness (QED) is 0.876. The molecule has 1 unspecified atom stereocenters. The summed E-state index contributed by atoms with van der Waals surface area (Å²) < 4.78 is 27.0. The van der Waals surface area contributed by atoms with Gasteiger partial charge in [-0.15, -0.1) is 0 Å². The normalized spacial score (nSPS) is 21.3. The van der Waals surface area contributed by atoms with Crippen LogP contribution in [0.15, 0.2) is 18.2 Å². The van der Waals surface area contributed by atoms with Gasteiger partial charge in [0.05, 0.1) is 6.04 Å². The molecule has 2 aliphatic rings. The predicted octanol–water partition coefficient (Wildman–Crippen LogP) is 4.08. The number of urea groups is 1. The van der Waals surface area contributed by atoms with Crippen LogP contribution in [0.3, 0.4) is 0 Å². The molecule has 0 bridgehead atoms. The number of amides is 2. The van der Waals surface area contributed by atoms with E-state index in [4.69, 9.17) is 0 Å². The molecular weight excluding hydrogens is 336 g/mol. The molecule has 1 aliphatic carbocycles. The first-order chi connectivity index (χ1) is 12.5. The third-order valence-electron chi connectivity index (χ3n) is 5.68. The van der Waals surface area contributed by atoms with E-state index in [2.05, 4.69) is 10.2 Å². The fourth-order valence-corrected chi connectivity index (χ4v) is 4.16. The fourth-order valence-electron chi connectivity index (χ4n) is 4.16. The number of hydrogen-bond acceptors (Lipinski definition) is 2. The average Bonchev–Trinajstić information content (AvgIpc) is 2.88. The van der Waals surface area contributed by atoms with Crippen molar-refractivity contribution in [3.8, 4) is 0 Å². The number of hydrogen-bond donors (Lipinski definition) is 1. The largest absolute Gasteiger partial charge is 0.331 e. The Kier molecular flexibility index (Phi) is 6.46. The van der Waals surface area contributed by atoms with Gasteiger partial charge in [-0.3, -0.25) is 4.90 Å². The van der Waals surface area contributed by atoms with E-state index >= 15 is 0 Å². The zero-order valence-electron chi connectivity index (χ0n) is 15.5. The standard InChI is InChI=1S/C20H29F2N3O/c1-15(18-9-8-16(21)14-19(18)22)23-20(26)25-11-5-10-24(12-13-25)17-6-3-2-4-7-17/h8-9,14-15,17H,2-7,10-13H2,1H3,(H,23,26).